The molecule has 0 N–H and O–H groups in total. The summed E-state index contributed by atoms with van der Waals surface area (Å²) in [6, 6.07) is 0. The number of allylic oxidation sites excluding steroid dienone is 5. The Hall–Kier alpha value is -1.12. The number of hydrogen-bond donors (Lipinski definition) is 0. The highest BCUT2D eigenvalue weighted by molar-refractivity contribution is 5.13. The van der Waals surface area contributed by atoms with Crippen LogP contribution in [0.25, 0.3) is 0 Å². The molecule has 0 bridgehead atoms. The fourth-order valence-electron chi connectivity index (χ4n) is 0.462. The lowest BCUT2D eigenvalue weighted by atomic mass is 10.3. The maximum atomic E-state index is 11.4. The molecular formula is C9H12F2O. The Bertz CT molecular complexity index is 189. The third-order valence-corrected chi connectivity index (χ3v) is 0.912. The molecule has 0 aliphatic rings. The van der Waals surface area contributed by atoms with Crippen LogP contribution in [-0.2, 0) is 4.74 Å². The molecule has 0 spiro atoms. The normalized spacial score (nSPS) is 11.4. The molecule has 0 radical (unpaired) electrons. The van der Waals surface area contributed by atoms with Crippen molar-refractivity contribution in [1.29, 1.82) is 0 Å². The van der Waals surface area contributed by atoms with Crippen LogP contribution >= 0.6 is 0 Å². The Morgan fingerprint density at radius 1 is 1.17 bits per heavy atom. The van der Waals surface area contributed by atoms with Crippen molar-refractivity contribution in [2.24, 2.45) is 0 Å². The molecule has 0 fully saturated rings. The molecule has 0 rings (SSSR count). The molecule has 0 aromatic carbocycles. The van der Waals surface area contributed by atoms with Crippen molar-refractivity contribution in [3.63, 3.8) is 0 Å². The van der Waals surface area contributed by atoms with Gasteiger partial charge in [0.2, 0.25) is 0 Å². The summed E-state index contributed by atoms with van der Waals surface area (Å²) in [6.45, 7) is 1.16. The number of rotatable bonds is 4. The van der Waals surface area contributed by atoms with E-state index in [0.717, 1.165) is 11.8 Å². The van der Waals surface area contributed by atoms with Crippen LogP contribution in [0.5, 0.6) is 0 Å². The van der Waals surface area contributed by atoms with Gasteiger partial charge in [0.15, 0.2) is 0 Å². The van der Waals surface area contributed by atoms with Crippen LogP contribution in [-0.4, -0.2) is 6.61 Å². The van der Waals surface area contributed by atoms with Crippen molar-refractivity contribution >= 4 is 0 Å². The second-order valence-corrected chi connectivity index (χ2v) is 2.35. The first-order valence-corrected chi connectivity index (χ1v) is 3.53. The van der Waals surface area contributed by atoms with E-state index in [1.54, 1.807) is 12.2 Å². The van der Waals surface area contributed by atoms with Gasteiger partial charge >= 0.3 is 6.61 Å². The van der Waals surface area contributed by atoms with Crippen LogP contribution in [0, 0.1) is 0 Å². The average molecular weight is 174 g/mol. The van der Waals surface area contributed by atoms with Crippen LogP contribution in [0.3, 0.4) is 0 Å². The maximum Gasteiger partial charge on any atom is 0.386 e. The summed E-state index contributed by atoms with van der Waals surface area (Å²) in [5, 5.41) is 0. The molecule has 3 heteroatoms. The van der Waals surface area contributed by atoms with Crippen LogP contribution in [0.2, 0.25) is 0 Å². The van der Waals surface area contributed by atoms with Crippen molar-refractivity contribution in [1.82, 2.24) is 0 Å². The second-order valence-electron chi connectivity index (χ2n) is 2.35. The van der Waals surface area contributed by atoms with Gasteiger partial charge in [0, 0.05) is 0 Å². The van der Waals surface area contributed by atoms with E-state index in [-0.39, 0.29) is 0 Å². The van der Waals surface area contributed by atoms with E-state index in [2.05, 4.69) is 4.74 Å². The minimum atomic E-state index is -2.74. The highest BCUT2D eigenvalue weighted by Gasteiger charge is 1.93. The third kappa shape index (κ3) is 8.88. The SMILES string of the molecule is CC(C)=C/C=C\C=C\OC(F)F. The average Bonchev–Trinajstić information content (AvgIpc) is 1.95. The molecule has 1 nitrogen and oxygen atoms in total. The number of ether oxygens (including phenoxy) is 1. The summed E-state index contributed by atoms with van der Waals surface area (Å²) in [5.74, 6) is 0. The van der Waals surface area contributed by atoms with Gasteiger partial charge < -0.3 is 4.74 Å². The molecule has 0 saturated carbocycles. The smallest absolute Gasteiger partial charge is 0.386 e. The monoisotopic (exact) mass is 174 g/mol. The first kappa shape index (κ1) is 10.9. The van der Waals surface area contributed by atoms with E-state index >= 15 is 0 Å². The van der Waals surface area contributed by atoms with Crippen molar-refractivity contribution < 1.29 is 13.5 Å². The van der Waals surface area contributed by atoms with Gasteiger partial charge in [-0.2, -0.15) is 8.78 Å². The molecule has 0 heterocycles. The topological polar surface area (TPSA) is 9.23 Å². The van der Waals surface area contributed by atoms with Gasteiger partial charge in [-0.3, -0.25) is 0 Å². The van der Waals surface area contributed by atoms with Gasteiger partial charge in [-0.25, -0.2) is 0 Å². The van der Waals surface area contributed by atoms with Crippen molar-refractivity contribution in [2.45, 2.75) is 20.5 Å². The van der Waals surface area contributed by atoms with Gasteiger partial charge in [-0.15, -0.1) is 0 Å². The van der Waals surface area contributed by atoms with Gasteiger partial charge in [0.1, 0.15) is 0 Å². The summed E-state index contributed by atoms with van der Waals surface area (Å²) in [4.78, 5) is 0. The first-order valence-electron chi connectivity index (χ1n) is 3.53. The van der Waals surface area contributed by atoms with Gasteiger partial charge in [0.25, 0.3) is 0 Å². The molecule has 0 aromatic heterocycles. The zero-order valence-electron chi connectivity index (χ0n) is 7.13. The van der Waals surface area contributed by atoms with E-state index in [1.807, 2.05) is 19.9 Å². The fraction of sp³-hybridized carbons (Fsp3) is 0.333. The molecule has 68 valence electrons. The van der Waals surface area contributed by atoms with Gasteiger partial charge in [-0.05, 0) is 19.9 Å². The third-order valence-electron chi connectivity index (χ3n) is 0.912. The molecule has 0 atom stereocenters. The maximum absolute atomic E-state index is 11.4. The summed E-state index contributed by atoms with van der Waals surface area (Å²) < 4.78 is 26.6. The Morgan fingerprint density at radius 3 is 2.33 bits per heavy atom. The standard InChI is InChI=1S/C9H12F2O/c1-8(2)6-4-3-5-7-12-9(10)11/h3-7,9H,1-2H3/b4-3-,7-5+. The van der Waals surface area contributed by atoms with Crippen molar-refractivity contribution in [3.05, 3.63) is 36.1 Å². The molecule has 0 aliphatic heterocycles. The number of hydrogen-bond acceptors (Lipinski definition) is 1. The lowest BCUT2D eigenvalue weighted by Crippen LogP contribution is -1.89. The van der Waals surface area contributed by atoms with Crippen LogP contribution in [0.4, 0.5) is 8.78 Å². The minimum absolute atomic E-state index is 0.958. The number of halogens is 2. The van der Waals surface area contributed by atoms with Crippen molar-refractivity contribution in [2.75, 3.05) is 0 Å². The van der Waals surface area contributed by atoms with Gasteiger partial charge in [-0.1, -0.05) is 23.8 Å². The van der Waals surface area contributed by atoms with Crippen molar-refractivity contribution in [3.8, 4) is 0 Å². The highest BCUT2D eigenvalue weighted by atomic mass is 19.3. The predicted octanol–water partition coefficient (Wildman–Crippen LogP) is 3.26. The lowest BCUT2D eigenvalue weighted by Gasteiger charge is -1.92. The predicted molar refractivity (Wildman–Crippen MR) is 44.8 cm³/mol. The van der Waals surface area contributed by atoms with E-state index in [9.17, 15) is 8.78 Å². The van der Waals surface area contributed by atoms with Crippen LogP contribution < -0.4 is 0 Å². The van der Waals surface area contributed by atoms with Crippen LogP contribution in [0.1, 0.15) is 13.8 Å². The minimum Gasteiger partial charge on any atom is -0.443 e. The Labute approximate surface area is 71.0 Å². The first-order chi connectivity index (χ1) is 5.63. The Kier molecular flexibility index (Phi) is 5.97. The van der Waals surface area contributed by atoms with E-state index in [4.69, 9.17) is 0 Å². The summed E-state index contributed by atoms with van der Waals surface area (Å²) in [6.07, 6.45) is 7.61. The lowest BCUT2D eigenvalue weighted by molar-refractivity contribution is -0.0829. The molecule has 0 amide bonds. The molecular weight excluding hydrogens is 162 g/mol. The zero-order valence-corrected chi connectivity index (χ0v) is 7.13. The van der Waals surface area contributed by atoms with Gasteiger partial charge in [0.05, 0.1) is 6.26 Å². The number of alkyl halides is 2. The zero-order chi connectivity index (χ0) is 9.40. The van der Waals surface area contributed by atoms with E-state index in [1.165, 1.54) is 6.08 Å². The molecule has 0 saturated heterocycles. The van der Waals surface area contributed by atoms with E-state index < -0.39 is 6.61 Å². The molecule has 0 unspecified atom stereocenters. The molecule has 0 aliphatic carbocycles. The molecule has 12 heavy (non-hydrogen) atoms. The molecule has 0 aromatic rings. The highest BCUT2D eigenvalue weighted by Crippen LogP contribution is 1.95. The second kappa shape index (κ2) is 6.58. The Morgan fingerprint density at radius 2 is 1.83 bits per heavy atom. The summed E-state index contributed by atoms with van der Waals surface area (Å²) in [7, 11) is 0. The summed E-state index contributed by atoms with van der Waals surface area (Å²) >= 11 is 0. The fourth-order valence-corrected chi connectivity index (χ4v) is 0.462. The Balaban J connectivity index is 3.60. The summed E-state index contributed by atoms with van der Waals surface area (Å²) in [5.41, 5.74) is 1.15. The van der Waals surface area contributed by atoms with Crippen LogP contribution in [0.15, 0.2) is 36.1 Å². The van der Waals surface area contributed by atoms with E-state index in [0.29, 0.717) is 0 Å². The quantitative estimate of drug-likeness (QED) is 0.469. The largest absolute Gasteiger partial charge is 0.443 e.